The van der Waals surface area contributed by atoms with Crippen molar-refractivity contribution < 1.29 is 14.2 Å². The summed E-state index contributed by atoms with van der Waals surface area (Å²) in [6.45, 7) is 3.30. The van der Waals surface area contributed by atoms with Crippen molar-refractivity contribution in [2.45, 2.75) is 32.8 Å². The van der Waals surface area contributed by atoms with Gasteiger partial charge in [0, 0.05) is 13.0 Å². The van der Waals surface area contributed by atoms with Crippen molar-refractivity contribution in [2.24, 2.45) is 0 Å². The van der Waals surface area contributed by atoms with Gasteiger partial charge in [0.15, 0.2) is 0 Å². The second-order valence-corrected chi connectivity index (χ2v) is 4.00. The molecule has 0 atom stereocenters. The standard InChI is InChI=1S/C15H19FO2/c1-2-3-10-18-12-13-7-8-15(16)14(11-13)6-4-5-9-17/h7-8,11,17H,2-3,5,9-10,12H2,1H3. The Balaban J connectivity index is 2.60. The van der Waals surface area contributed by atoms with Crippen molar-refractivity contribution >= 4 is 0 Å². The third-order valence-electron chi connectivity index (χ3n) is 2.40. The van der Waals surface area contributed by atoms with E-state index in [4.69, 9.17) is 9.84 Å². The molecule has 0 bridgehead atoms. The monoisotopic (exact) mass is 250 g/mol. The van der Waals surface area contributed by atoms with Crippen LogP contribution in [-0.2, 0) is 11.3 Å². The van der Waals surface area contributed by atoms with E-state index in [1.165, 1.54) is 6.07 Å². The van der Waals surface area contributed by atoms with Gasteiger partial charge in [-0.2, -0.15) is 0 Å². The Labute approximate surface area is 108 Å². The van der Waals surface area contributed by atoms with Gasteiger partial charge < -0.3 is 9.84 Å². The van der Waals surface area contributed by atoms with Crippen molar-refractivity contribution in [2.75, 3.05) is 13.2 Å². The Hall–Kier alpha value is -1.37. The fourth-order valence-electron chi connectivity index (χ4n) is 1.41. The fourth-order valence-corrected chi connectivity index (χ4v) is 1.41. The number of unbranched alkanes of at least 4 members (excludes halogenated alkanes) is 1. The zero-order chi connectivity index (χ0) is 13.2. The van der Waals surface area contributed by atoms with Gasteiger partial charge >= 0.3 is 0 Å². The molecule has 1 aromatic carbocycles. The highest BCUT2D eigenvalue weighted by Crippen LogP contribution is 2.11. The fraction of sp³-hybridized carbons (Fsp3) is 0.467. The van der Waals surface area contributed by atoms with Gasteiger partial charge in [-0.3, -0.25) is 0 Å². The summed E-state index contributed by atoms with van der Waals surface area (Å²) in [6, 6.07) is 4.81. The summed E-state index contributed by atoms with van der Waals surface area (Å²) in [5, 5.41) is 8.62. The Morgan fingerprint density at radius 1 is 1.39 bits per heavy atom. The zero-order valence-corrected chi connectivity index (χ0v) is 10.7. The molecule has 0 spiro atoms. The van der Waals surface area contributed by atoms with Gasteiger partial charge in [-0.05, 0) is 24.1 Å². The summed E-state index contributed by atoms with van der Waals surface area (Å²) in [6.07, 6.45) is 2.49. The summed E-state index contributed by atoms with van der Waals surface area (Å²) in [4.78, 5) is 0. The maximum absolute atomic E-state index is 13.4. The van der Waals surface area contributed by atoms with Gasteiger partial charge in [0.2, 0.25) is 0 Å². The van der Waals surface area contributed by atoms with E-state index >= 15 is 0 Å². The van der Waals surface area contributed by atoms with E-state index in [9.17, 15) is 4.39 Å². The molecule has 0 unspecified atom stereocenters. The quantitative estimate of drug-likeness (QED) is 0.621. The average Bonchev–Trinajstić information content (AvgIpc) is 2.38. The third kappa shape index (κ3) is 5.31. The minimum absolute atomic E-state index is 0.00552. The molecular formula is C15H19FO2. The van der Waals surface area contributed by atoms with Crippen LogP contribution in [-0.4, -0.2) is 18.3 Å². The molecule has 98 valence electrons. The molecule has 2 nitrogen and oxygen atoms in total. The molecule has 0 fully saturated rings. The molecule has 0 amide bonds. The number of aliphatic hydroxyl groups is 1. The summed E-state index contributed by atoms with van der Waals surface area (Å²) >= 11 is 0. The molecule has 0 aromatic heterocycles. The van der Waals surface area contributed by atoms with E-state index in [1.807, 2.05) is 0 Å². The normalized spacial score (nSPS) is 9.94. The first kappa shape index (κ1) is 14.7. The highest BCUT2D eigenvalue weighted by Gasteiger charge is 2.01. The van der Waals surface area contributed by atoms with Gasteiger partial charge in [0.1, 0.15) is 5.82 Å². The predicted molar refractivity (Wildman–Crippen MR) is 69.5 cm³/mol. The number of aliphatic hydroxyl groups excluding tert-OH is 1. The van der Waals surface area contributed by atoms with Crippen LogP contribution >= 0.6 is 0 Å². The Morgan fingerprint density at radius 2 is 2.22 bits per heavy atom. The number of rotatable bonds is 6. The van der Waals surface area contributed by atoms with Gasteiger partial charge in [0.25, 0.3) is 0 Å². The lowest BCUT2D eigenvalue weighted by atomic mass is 10.1. The Bertz CT molecular complexity index is 418. The highest BCUT2D eigenvalue weighted by atomic mass is 19.1. The zero-order valence-electron chi connectivity index (χ0n) is 10.7. The minimum Gasteiger partial charge on any atom is -0.395 e. The van der Waals surface area contributed by atoms with E-state index in [0.29, 0.717) is 18.6 Å². The molecule has 1 aromatic rings. The molecule has 1 rings (SSSR count). The third-order valence-corrected chi connectivity index (χ3v) is 2.40. The smallest absolute Gasteiger partial charge is 0.138 e. The first-order valence-corrected chi connectivity index (χ1v) is 6.23. The number of benzene rings is 1. The van der Waals surface area contributed by atoms with Crippen LogP contribution in [0.15, 0.2) is 18.2 Å². The number of ether oxygens (including phenoxy) is 1. The molecule has 0 aliphatic carbocycles. The molecule has 0 aliphatic rings. The molecule has 0 heterocycles. The van der Waals surface area contributed by atoms with Crippen LogP contribution in [0.1, 0.15) is 37.3 Å². The van der Waals surface area contributed by atoms with Gasteiger partial charge in [-0.25, -0.2) is 4.39 Å². The summed E-state index contributed by atoms with van der Waals surface area (Å²) in [7, 11) is 0. The van der Waals surface area contributed by atoms with Crippen LogP contribution in [0, 0.1) is 17.7 Å². The van der Waals surface area contributed by atoms with Gasteiger partial charge in [-0.15, -0.1) is 0 Å². The van der Waals surface area contributed by atoms with Crippen molar-refractivity contribution in [3.8, 4) is 11.8 Å². The maximum Gasteiger partial charge on any atom is 0.138 e. The van der Waals surface area contributed by atoms with Crippen molar-refractivity contribution in [1.82, 2.24) is 0 Å². The lowest BCUT2D eigenvalue weighted by Crippen LogP contribution is -1.96. The molecule has 1 N–H and O–H groups in total. The molecule has 0 saturated heterocycles. The number of hydrogen-bond donors (Lipinski definition) is 1. The largest absolute Gasteiger partial charge is 0.395 e. The molecule has 18 heavy (non-hydrogen) atoms. The van der Waals surface area contributed by atoms with Gasteiger partial charge in [-0.1, -0.05) is 31.3 Å². The Kier molecular flexibility index (Phi) is 7.09. The molecular weight excluding hydrogens is 231 g/mol. The topological polar surface area (TPSA) is 29.5 Å². The van der Waals surface area contributed by atoms with Crippen molar-refractivity contribution in [1.29, 1.82) is 0 Å². The van der Waals surface area contributed by atoms with Crippen LogP contribution in [0.2, 0.25) is 0 Å². The molecule has 0 saturated carbocycles. The first-order chi connectivity index (χ1) is 8.77. The van der Waals surface area contributed by atoms with E-state index in [1.54, 1.807) is 12.1 Å². The highest BCUT2D eigenvalue weighted by molar-refractivity contribution is 5.38. The molecule has 0 aliphatic heterocycles. The Morgan fingerprint density at radius 3 is 2.94 bits per heavy atom. The maximum atomic E-state index is 13.4. The van der Waals surface area contributed by atoms with Crippen molar-refractivity contribution in [3.63, 3.8) is 0 Å². The van der Waals surface area contributed by atoms with Crippen LogP contribution in [0.4, 0.5) is 4.39 Å². The first-order valence-electron chi connectivity index (χ1n) is 6.23. The lowest BCUT2D eigenvalue weighted by molar-refractivity contribution is 0.118. The van der Waals surface area contributed by atoms with Crippen LogP contribution in [0.25, 0.3) is 0 Å². The van der Waals surface area contributed by atoms with E-state index in [0.717, 1.165) is 25.0 Å². The molecule has 3 heteroatoms. The summed E-state index contributed by atoms with van der Waals surface area (Å²) in [5.74, 6) is 5.09. The van der Waals surface area contributed by atoms with E-state index in [2.05, 4.69) is 18.8 Å². The predicted octanol–water partition coefficient (Wildman–Crippen LogP) is 2.88. The number of halogens is 1. The summed E-state index contributed by atoms with van der Waals surface area (Å²) in [5.41, 5.74) is 1.28. The summed E-state index contributed by atoms with van der Waals surface area (Å²) < 4.78 is 18.9. The number of hydrogen-bond acceptors (Lipinski definition) is 2. The second kappa shape index (κ2) is 8.68. The van der Waals surface area contributed by atoms with Crippen LogP contribution < -0.4 is 0 Å². The molecule has 0 radical (unpaired) electrons. The van der Waals surface area contributed by atoms with Crippen molar-refractivity contribution in [3.05, 3.63) is 35.1 Å². The second-order valence-electron chi connectivity index (χ2n) is 4.00. The average molecular weight is 250 g/mol. The van der Waals surface area contributed by atoms with Crippen LogP contribution in [0.3, 0.4) is 0 Å². The van der Waals surface area contributed by atoms with E-state index in [-0.39, 0.29) is 12.4 Å². The SMILES string of the molecule is CCCCOCc1ccc(F)c(C#CCCO)c1. The van der Waals surface area contributed by atoms with Crippen LogP contribution in [0.5, 0.6) is 0 Å². The lowest BCUT2D eigenvalue weighted by Gasteiger charge is -2.04. The van der Waals surface area contributed by atoms with E-state index < -0.39 is 0 Å². The minimum atomic E-state index is -0.335. The van der Waals surface area contributed by atoms with Gasteiger partial charge in [0.05, 0.1) is 18.8 Å².